The molecule has 2 rings (SSSR count). The monoisotopic (exact) mass is 287 g/mol. The zero-order valence-corrected chi connectivity index (χ0v) is 10.6. The predicted molar refractivity (Wildman–Crippen MR) is 64.9 cm³/mol. The summed E-state index contributed by atoms with van der Waals surface area (Å²) >= 11 is 3.36. The van der Waals surface area contributed by atoms with Gasteiger partial charge in [0.25, 0.3) is 0 Å². The number of aliphatic hydroxyl groups excluding tert-OH is 1. The summed E-state index contributed by atoms with van der Waals surface area (Å²) in [5, 5.41) is 12.8. The molecule has 1 heterocycles. The lowest BCUT2D eigenvalue weighted by Gasteiger charge is -2.27. The maximum atomic E-state index is 12.9. The molecule has 0 aromatic heterocycles. The molecule has 2 nitrogen and oxygen atoms in total. The first kappa shape index (κ1) is 12.0. The Hall–Kier alpha value is -0.450. The molecule has 1 unspecified atom stereocenters. The van der Waals surface area contributed by atoms with Crippen molar-refractivity contribution in [2.24, 2.45) is 0 Å². The molecule has 1 aliphatic rings. The number of rotatable bonds is 3. The van der Waals surface area contributed by atoms with Gasteiger partial charge in [-0.1, -0.05) is 22.0 Å². The first-order valence-corrected chi connectivity index (χ1v) is 6.24. The van der Waals surface area contributed by atoms with Gasteiger partial charge in [0.1, 0.15) is 5.82 Å². The summed E-state index contributed by atoms with van der Waals surface area (Å²) in [4.78, 5) is 0. The van der Waals surface area contributed by atoms with Crippen LogP contribution in [-0.2, 0) is 6.42 Å². The van der Waals surface area contributed by atoms with Gasteiger partial charge in [0, 0.05) is 10.0 Å². The average molecular weight is 288 g/mol. The molecular formula is C12H15BrFNO. The van der Waals surface area contributed by atoms with E-state index in [1.54, 1.807) is 6.07 Å². The van der Waals surface area contributed by atoms with Crippen LogP contribution in [0.1, 0.15) is 18.4 Å². The molecule has 88 valence electrons. The van der Waals surface area contributed by atoms with Crippen molar-refractivity contribution >= 4 is 15.9 Å². The van der Waals surface area contributed by atoms with Crippen LogP contribution in [0.25, 0.3) is 0 Å². The zero-order chi connectivity index (χ0) is 11.6. The van der Waals surface area contributed by atoms with Gasteiger partial charge in [-0.25, -0.2) is 4.39 Å². The topological polar surface area (TPSA) is 32.3 Å². The van der Waals surface area contributed by atoms with Crippen molar-refractivity contribution in [3.8, 4) is 0 Å². The summed E-state index contributed by atoms with van der Waals surface area (Å²) < 4.78 is 13.7. The molecule has 16 heavy (non-hydrogen) atoms. The molecule has 1 aromatic carbocycles. The van der Waals surface area contributed by atoms with E-state index in [2.05, 4.69) is 21.2 Å². The standard InChI is InChI=1S/C12H15BrFNO/c13-11-6-10(14)3-2-9(11)7-12(8-16)4-1-5-15-12/h2-3,6,15-16H,1,4-5,7-8H2. The first-order chi connectivity index (χ1) is 7.65. The quantitative estimate of drug-likeness (QED) is 0.894. The van der Waals surface area contributed by atoms with Crippen LogP contribution in [0.15, 0.2) is 22.7 Å². The van der Waals surface area contributed by atoms with Crippen molar-refractivity contribution in [3.63, 3.8) is 0 Å². The van der Waals surface area contributed by atoms with Gasteiger partial charge in [-0.15, -0.1) is 0 Å². The fourth-order valence-electron chi connectivity index (χ4n) is 2.24. The molecule has 0 bridgehead atoms. The van der Waals surface area contributed by atoms with Crippen molar-refractivity contribution in [2.75, 3.05) is 13.2 Å². The maximum Gasteiger partial charge on any atom is 0.124 e. The second kappa shape index (κ2) is 4.82. The molecule has 1 atom stereocenters. The molecule has 0 amide bonds. The highest BCUT2D eigenvalue weighted by Crippen LogP contribution is 2.27. The normalized spacial score (nSPS) is 24.9. The van der Waals surface area contributed by atoms with Crippen molar-refractivity contribution in [1.29, 1.82) is 0 Å². The van der Waals surface area contributed by atoms with E-state index in [1.165, 1.54) is 12.1 Å². The minimum Gasteiger partial charge on any atom is -0.394 e. The predicted octanol–water partition coefficient (Wildman–Crippen LogP) is 2.25. The van der Waals surface area contributed by atoms with Crippen molar-refractivity contribution < 1.29 is 9.50 Å². The van der Waals surface area contributed by atoms with Gasteiger partial charge in [-0.2, -0.15) is 0 Å². The van der Waals surface area contributed by atoms with E-state index in [0.717, 1.165) is 35.8 Å². The Labute approximate surface area is 103 Å². The lowest BCUT2D eigenvalue weighted by molar-refractivity contribution is 0.177. The molecule has 0 spiro atoms. The van der Waals surface area contributed by atoms with Crippen LogP contribution >= 0.6 is 15.9 Å². The summed E-state index contributed by atoms with van der Waals surface area (Å²) in [5.74, 6) is -0.243. The molecular weight excluding hydrogens is 273 g/mol. The van der Waals surface area contributed by atoms with E-state index in [1.807, 2.05) is 0 Å². The van der Waals surface area contributed by atoms with Gasteiger partial charge in [0.05, 0.1) is 6.61 Å². The molecule has 0 aliphatic carbocycles. The van der Waals surface area contributed by atoms with Crippen LogP contribution in [0.5, 0.6) is 0 Å². The molecule has 1 aromatic rings. The van der Waals surface area contributed by atoms with Crippen LogP contribution in [-0.4, -0.2) is 23.8 Å². The summed E-state index contributed by atoms with van der Waals surface area (Å²) in [7, 11) is 0. The fourth-order valence-corrected chi connectivity index (χ4v) is 2.73. The fraction of sp³-hybridized carbons (Fsp3) is 0.500. The number of aliphatic hydroxyl groups is 1. The Bertz CT molecular complexity index is 377. The Kier molecular flexibility index (Phi) is 3.62. The van der Waals surface area contributed by atoms with Gasteiger partial charge in [-0.05, 0) is 43.5 Å². The summed E-state index contributed by atoms with van der Waals surface area (Å²) in [6.45, 7) is 1.07. The van der Waals surface area contributed by atoms with E-state index in [0.29, 0.717) is 0 Å². The van der Waals surface area contributed by atoms with Crippen molar-refractivity contribution in [3.05, 3.63) is 34.1 Å². The maximum absolute atomic E-state index is 12.9. The van der Waals surface area contributed by atoms with Gasteiger partial charge < -0.3 is 10.4 Å². The zero-order valence-electron chi connectivity index (χ0n) is 8.97. The average Bonchev–Trinajstić information content (AvgIpc) is 2.72. The number of hydrogen-bond donors (Lipinski definition) is 2. The second-order valence-corrected chi connectivity index (χ2v) is 5.24. The molecule has 1 aliphatic heterocycles. The highest BCUT2D eigenvalue weighted by Gasteiger charge is 2.33. The van der Waals surface area contributed by atoms with Gasteiger partial charge >= 0.3 is 0 Å². The Balaban J connectivity index is 2.19. The lowest BCUT2D eigenvalue weighted by atomic mass is 9.90. The van der Waals surface area contributed by atoms with Crippen molar-refractivity contribution in [2.45, 2.75) is 24.8 Å². The van der Waals surface area contributed by atoms with Crippen LogP contribution in [0.3, 0.4) is 0 Å². The molecule has 0 radical (unpaired) electrons. The molecule has 1 saturated heterocycles. The van der Waals surface area contributed by atoms with Gasteiger partial charge in [0.15, 0.2) is 0 Å². The smallest absolute Gasteiger partial charge is 0.124 e. The highest BCUT2D eigenvalue weighted by molar-refractivity contribution is 9.10. The molecule has 4 heteroatoms. The SMILES string of the molecule is OCC1(Cc2ccc(F)cc2Br)CCCN1. The summed E-state index contributed by atoms with van der Waals surface area (Å²) in [5.41, 5.74) is 0.810. The Morgan fingerprint density at radius 1 is 1.50 bits per heavy atom. The van der Waals surface area contributed by atoms with Crippen LogP contribution in [0.4, 0.5) is 4.39 Å². The number of hydrogen-bond acceptors (Lipinski definition) is 2. The summed E-state index contributed by atoms with van der Waals surface area (Å²) in [6, 6.07) is 4.70. The van der Waals surface area contributed by atoms with E-state index in [4.69, 9.17) is 0 Å². The first-order valence-electron chi connectivity index (χ1n) is 5.45. The largest absolute Gasteiger partial charge is 0.394 e. The number of halogens is 2. The minimum atomic E-state index is -0.243. The van der Waals surface area contributed by atoms with Gasteiger partial charge in [0.2, 0.25) is 0 Å². The van der Waals surface area contributed by atoms with Crippen LogP contribution < -0.4 is 5.32 Å². The lowest BCUT2D eigenvalue weighted by Crippen LogP contribution is -2.45. The second-order valence-electron chi connectivity index (χ2n) is 4.38. The Morgan fingerprint density at radius 3 is 2.88 bits per heavy atom. The number of nitrogens with one attached hydrogen (secondary N) is 1. The van der Waals surface area contributed by atoms with E-state index >= 15 is 0 Å². The number of benzene rings is 1. The third kappa shape index (κ3) is 2.44. The van der Waals surface area contributed by atoms with E-state index in [9.17, 15) is 9.50 Å². The molecule has 1 fully saturated rings. The third-order valence-corrected chi connectivity index (χ3v) is 3.92. The minimum absolute atomic E-state index is 0.122. The summed E-state index contributed by atoms with van der Waals surface area (Å²) in [6.07, 6.45) is 2.77. The van der Waals surface area contributed by atoms with E-state index < -0.39 is 0 Å². The molecule has 0 saturated carbocycles. The van der Waals surface area contributed by atoms with Crippen molar-refractivity contribution in [1.82, 2.24) is 5.32 Å². The van der Waals surface area contributed by atoms with Crippen LogP contribution in [0, 0.1) is 5.82 Å². The van der Waals surface area contributed by atoms with E-state index in [-0.39, 0.29) is 18.0 Å². The van der Waals surface area contributed by atoms with Gasteiger partial charge in [-0.3, -0.25) is 0 Å². The Morgan fingerprint density at radius 2 is 2.31 bits per heavy atom. The third-order valence-electron chi connectivity index (χ3n) is 3.18. The van der Waals surface area contributed by atoms with Crippen LogP contribution in [0.2, 0.25) is 0 Å². The molecule has 2 N–H and O–H groups in total. The highest BCUT2D eigenvalue weighted by atomic mass is 79.9.